The highest BCUT2D eigenvalue weighted by atomic mass is 19.1. The highest BCUT2D eigenvalue weighted by molar-refractivity contribution is 6.12. The number of carbonyl (C=O) groups is 2. The first-order chi connectivity index (χ1) is 13.4. The van der Waals surface area contributed by atoms with E-state index in [4.69, 9.17) is 18.9 Å². The molecule has 0 atom stereocenters. The molecule has 0 saturated heterocycles. The molecule has 0 N–H and O–H groups in total. The van der Waals surface area contributed by atoms with Crippen LogP contribution in [0.15, 0.2) is 47.1 Å². The second-order valence-electron chi connectivity index (χ2n) is 5.69. The Morgan fingerprint density at radius 1 is 1.11 bits per heavy atom. The van der Waals surface area contributed by atoms with Crippen LogP contribution in [0.5, 0.6) is 17.2 Å². The summed E-state index contributed by atoms with van der Waals surface area (Å²) >= 11 is 0. The van der Waals surface area contributed by atoms with Crippen molar-refractivity contribution in [1.82, 2.24) is 0 Å². The van der Waals surface area contributed by atoms with E-state index in [0.717, 1.165) is 0 Å². The van der Waals surface area contributed by atoms with Crippen LogP contribution < -0.4 is 14.2 Å². The Bertz CT molecular complexity index is 969. The average molecular weight is 385 g/mol. The van der Waals surface area contributed by atoms with Crippen molar-refractivity contribution in [2.45, 2.75) is 6.92 Å². The van der Waals surface area contributed by atoms with Crippen LogP contribution in [-0.2, 0) is 14.3 Å². The molecule has 0 aliphatic carbocycles. The van der Waals surface area contributed by atoms with Crippen molar-refractivity contribution in [1.29, 1.82) is 0 Å². The van der Waals surface area contributed by atoms with Gasteiger partial charge in [0.15, 0.2) is 17.2 Å². The van der Waals surface area contributed by atoms with Gasteiger partial charge in [0.05, 0.1) is 14.2 Å². The third-order valence-corrected chi connectivity index (χ3v) is 3.74. The number of nitrogens with zero attached hydrogens (tertiary/aromatic N) is 1. The van der Waals surface area contributed by atoms with E-state index in [1.165, 1.54) is 51.5 Å². The Hall–Kier alpha value is -3.68. The number of aliphatic imine (C=N–C) groups is 1. The fourth-order valence-corrected chi connectivity index (χ4v) is 2.51. The molecular formula is C20H16FNO6. The van der Waals surface area contributed by atoms with Crippen molar-refractivity contribution >= 4 is 23.9 Å². The standard InChI is InChI=1S/C20H16FNO6/c1-11(23)27-18-16(25-2)9-12(10-17(18)26-3)8-15-20(24)28-19(22-15)13-4-6-14(21)7-5-13/h4-10H,1-3H3/b15-8+. The van der Waals surface area contributed by atoms with Gasteiger partial charge in [0, 0.05) is 12.5 Å². The first kappa shape index (κ1) is 19.1. The van der Waals surface area contributed by atoms with Crippen LogP contribution in [0, 0.1) is 5.82 Å². The number of carbonyl (C=O) groups excluding carboxylic acids is 2. The Morgan fingerprint density at radius 3 is 2.25 bits per heavy atom. The van der Waals surface area contributed by atoms with Crippen molar-refractivity contribution in [3.63, 3.8) is 0 Å². The lowest BCUT2D eigenvalue weighted by atomic mass is 10.1. The zero-order valence-corrected chi connectivity index (χ0v) is 15.3. The SMILES string of the molecule is COc1cc(/C=C2/N=C(c3ccc(F)cc3)OC2=O)cc(OC)c1OC(C)=O. The lowest BCUT2D eigenvalue weighted by molar-refractivity contribution is -0.132. The molecule has 0 spiro atoms. The molecule has 2 aromatic rings. The number of halogens is 1. The number of ether oxygens (including phenoxy) is 4. The smallest absolute Gasteiger partial charge is 0.363 e. The highest BCUT2D eigenvalue weighted by Gasteiger charge is 2.25. The van der Waals surface area contributed by atoms with Gasteiger partial charge in [-0.25, -0.2) is 14.2 Å². The molecule has 28 heavy (non-hydrogen) atoms. The van der Waals surface area contributed by atoms with Gasteiger partial charge in [0.25, 0.3) is 0 Å². The first-order valence-electron chi connectivity index (χ1n) is 8.14. The van der Waals surface area contributed by atoms with Crippen molar-refractivity contribution in [2.24, 2.45) is 4.99 Å². The number of hydrogen-bond donors (Lipinski definition) is 0. The molecule has 2 aromatic carbocycles. The quantitative estimate of drug-likeness (QED) is 0.447. The van der Waals surface area contributed by atoms with Crippen LogP contribution in [-0.4, -0.2) is 32.1 Å². The van der Waals surface area contributed by atoms with Crippen LogP contribution in [0.1, 0.15) is 18.1 Å². The molecule has 0 saturated carbocycles. The maximum absolute atomic E-state index is 13.1. The molecule has 1 aliphatic heterocycles. The molecule has 1 aliphatic rings. The topological polar surface area (TPSA) is 83.4 Å². The first-order valence-corrected chi connectivity index (χ1v) is 8.14. The van der Waals surface area contributed by atoms with Gasteiger partial charge in [-0.15, -0.1) is 0 Å². The summed E-state index contributed by atoms with van der Waals surface area (Å²) in [5, 5.41) is 0. The number of benzene rings is 2. The van der Waals surface area contributed by atoms with Gasteiger partial charge in [-0.3, -0.25) is 4.79 Å². The van der Waals surface area contributed by atoms with E-state index in [0.29, 0.717) is 11.1 Å². The zero-order chi connectivity index (χ0) is 20.3. The summed E-state index contributed by atoms with van der Waals surface area (Å²) in [4.78, 5) is 27.6. The summed E-state index contributed by atoms with van der Waals surface area (Å²) in [6, 6.07) is 8.54. The second kappa shape index (κ2) is 7.91. The lowest BCUT2D eigenvalue weighted by Gasteiger charge is -2.13. The fourth-order valence-electron chi connectivity index (χ4n) is 2.51. The van der Waals surface area contributed by atoms with Crippen LogP contribution in [0.2, 0.25) is 0 Å². The highest BCUT2D eigenvalue weighted by Crippen LogP contribution is 2.39. The molecule has 0 unspecified atom stereocenters. The summed E-state index contributed by atoms with van der Waals surface area (Å²) in [6.45, 7) is 1.26. The Balaban J connectivity index is 1.99. The summed E-state index contributed by atoms with van der Waals surface area (Å²) in [6.07, 6.45) is 1.47. The molecule has 144 valence electrons. The van der Waals surface area contributed by atoms with Gasteiger partial charge in [0.1, 0.15) is 5.82 Å². The fraction of sp³-hybridized carbons (Fsp3) is 0.150. The van der Waals surface area contributed by atoms with E-state index < -0.39 is 17.8 Å². The lowest BCUT2D eigenvalue weighted by Crippen LogP contribution is -2.06. The number of methoxy groups -OCH3 is 2. The maximum atomic E-state index is 13.1. The number of cyclic esters (lactones) is 1. The van der Waals surface area contributed by atoms with Crippen LogP contribution >= 0.6 is 0 Å². The molecule has 0 aromatic heterocycles. The number of hydrogen-bond acceptors (Lipinski definition) is 7. The maximum Gasteiger partial charge on any atom is 0.363 e. The predicted octanol–water partition coefficient (Wildman–Crippen LogP) is 3.11. The van der Waals surface area contributed by atoms with Crippen molar-refractivity contribution in [3.05, 3.63) is 59.0 Å². The monoisotopic (exact) mass is 385 g/mol. The number of rotatable bonds is 5. The van der Waals surface area contributed by atoms with Crippen LogP contribution in [0.3, 0.4) is 0 Å². The van der Waals surface area contributed by atoms with Gasteiger partial charge < -0.3 is 18.9 Å². The number of esters is 2. The van der Waals surface area contributed by atoms with Crippen LogP contribution in [0.25, 0.3) is 6.08 Å². The van der Waals surface area contributed by atoms with Gasteiger partial charge in [-0.1, -0.05) is 0 Å². The molecule has 0 fully saturated rings. The van der Waals surface area contributed by atoms with E-state index in [2.05, 4.69) is 4.99 Å². The van der Waals surface area contributed by atoms with Gasteiger partial charge in [0.2, 0.25) is 11.6 Å². The van der Waals surface area contributed by atoms with Crippen LogP contribution in [0.4, 0.5) is 4.39 Å². The third-order valence-electron chi connectivity index (χ3n) is 3.74. The second-order valence-corrected chi connectivity index (χ2v) is 5.69. The molecule has 3 rings (SSSR count). The Morgan fingerprint density at radius 2 is 1.71 bits per heavy atom. The summed E-state index contributed by atoms with van der Waals surface area (Å²) in [5.74, 6) is -0.893. The van der Waals surface area contributed by atoms with Crippen molar-refractivity contribution in [2.75, 3.05) is 14.2 Å². The summed E-state index contributed by atoms with van der Waals surface area (Å²) < 4.78 is 33.8. The van der Waals surface area contributed by atoms with E-state index in [9.17, 15) is 14.0 Å². The van der Waals surface area contributed by atoms with Gasteiger partial charge >= 0.3 is 11.9 Å². The molecule has 1 heterocycles. The minimum absolute atomic E-state index is 0.0451. The molecule has 7 nitrogen and oxygen atoms in total. The summed E-state index contributed by atoms with van der Waals surface area (Å²) in [7, 11) is 2.82. The molecule has 8 heteroatoms. The van der Waals surface area contributed by atoms with E-state index >= 15 is 0 Å². The van der Waals surface area contributed by atoms with Gasteiger partial charge in [-0.2, -0.15) is 0 Å². The zero-order valence-electron chi connectivity index (χ0n) is 15.3. The van der Waals surface area contributed by atoms with E-state index in [1.807, 2.05) is 0 Å². The molecule has 0 amide bonds. The Labute approximate surface area is 160 Å². The molecule has 0 bridgehead atoms. The molecular weight excluding hydrogens is 369 g/mol. The minimum Gasteiger partial charge on any atom is -0.493 e. The van der Waals surface area contributed by atoms with Gasteiger partial charge in [-0.05, 0) is 48.0 Å². The largest absolute Gasteiger partial charge is 0.493 e. The van der Waals surface area contributed by atoms with E-state index in [1.54, 1.807) is 12.1 Å². The molecule has 0 radical (unpaired) electrons. The van der Waals surface area contributed by atoms with Crippen molar-refractivity contribution < 1.29 is 32.9 Å². The third kappa shape index (κ3) is 4.01. The Kier molecular flexibility index (Phi) is 5.39. The normalized spacial score (nSPS) is 14.5. The van der Waals surface area contributed by atoms with Crippen molar-refractivity contribution in [3.8, 4) is 17.2 Å². The minimum atomic E-state index is -0.652. The summed E-state index contributed by atoms with van der Waals surface area (Å²) in [5.41, 5.74) is 1.03. The average Bonchev–Trinajstić information content (AvgIpc) is 3.03. The van der Waals surface area contributed by atoms with E-state index in [-0.39, 0.29) is 28.8 Å². The predicted molar refractivity (Wildman–Crippen MR) is 97.9 cm³/mol.